The van der Waals surface area contributed by atoms with E-state index in [1.54, 1.807) is 18.2 Å². The van der Waals surface area contributed by atoms with Crippen LogP contribution in [0, 0.1) is 20.8 Å². The van der Waals surface area contributed by atoms with Crippen molar-refractivity contribution in [1.29, 1.82) is 0 Å². The van der Waals surface area contributed by atoms with E-state index in [-0.39, 0.29) is 30.3 Å². The van der Waals surface area contributed by atoms with Crippen LogP contribution in [-0.2, 0) is 19.6 Å². The van der Waals surface area contributed by atoms with Crippen LogP contribution in [-0.4, -0.2) is 33.3 Å². The number of hydrogen-bond acceptors (Lipinski definition) is 5. The molecule has 6 nitrogen and oxygen atoms in total. The lowest BCUT2D eigenvalue weighted by molar-refractivity contribution is -0.142. The van der Waals surface area contributed by atoms with Gasteiger partial charge in [-0.3, -0.25) is 9.59 Å². The quantitative estimate of drug-likeness (QED) is 0.554. The average molecular weight is 389 g/mol. The summed E-state index contributed by atoms with van der Waals surface area (Å²) in [5, 5.41) is 0. The van der Waals surface area contributed by atoms with Crippen molar-refractivity contribution in [2.45, 2.75) is 32.1 Å². The first-order chi connectivity index (χ1) is 12.7. The molecule has 0 aromatic heterocycles. The Labute approximate surface area is 159 Å². The Morgan fingerprint density at radius 2 is 1.59 bits per heavy atom. The van der Waals surface area contributed by atoms with Gasteiger partial charge in [-0.2, -0.15) is 0 Å². The van der Waals surface area contributed by atoms with Crippen LogP contribution in [0.3, 0.4) is 0 Å². The van der Waals surface area contributed by atoms with Crippen molar-refractivity contribution in [1.82, 2.24) is 4.72 Å². The summed E-state index contributed by atoms with van der Waals surface area (Å²) in [6, 6.07) is 11.8. The number of sulfonamides is 1. The van der Waals surface area contributed by atoms with Gasteiger partial charge in [-0.05, 0) is 38.5 Å². The highest BCUT2D eigenvalue weighted by Crippen LogP contribution is 2.12. The summed E-state index contributed by atoms with van der Waals surface area (Å²) in [6.07, 6.45) is -0.161. The van der Waals surface area contributed by atoms with Gasteiger partial charge in [-0.25, -0.2) is 13.1 Å². The molecule has 2 aromatic carbocycles. The molecule has 2 aromatic rings. The van der Waals surface area contributed by atoms with Gasteiger partial charge in [-0.15, -0.1) is 0 Å². The number of rotatable bonds is 8. The second-order valence-corrected chi connectivity index (χ2v) is 8.13. The van der Waals surface area contributed by atoms with Crippen LogP contribution in [0.5, 0.6) is 0 Å². The maximum absolute atomic E-state index is 12.1. The fourth-order valence-corrected chi connectivity index (χ4v) is 3.54. The predicted molar refractivity (Wildman–Crippen MR) is 102 cm³/mol. The van der Waals surface area contributed by atoms with Gasteiger partial charge in [0.1, 0.15) is 0 Å². The molecule has 0 heterocycles. The lowest BCUT2D eigenvalue weighted by Crippen LogP contribution is -2.27. The number of carbonyl (C=O) groups is 2. The first kappa shape index (κ1) is 20.8. The van der Waals surface area contributed by atoms with E-state index in [1.807, 2.05) is 32.9 Å². The van der Waals surface area contributed by atoms with Crippen LogP contribution >= 0.6 is 0 Å². The molecular weight excluding hydrogens is 366 g/mol. The molecule has 0 atom stereocenters. The molecule has 0 saturated carbocycles. The van der Waals surface area contributed by atoms with E-state index >= 15 is 0 Å². The minimum atomic E-state index is -3.68. The van der Waals surface area contributed by atoms with Crippen LogP contribution < -0.4 is 4.72 Å². The van der Waals surface area contributed by atoms with Crippen molar-refractivity contribution in [3.63, 3.8) is 0 Å². The molecule has 0 aliphatic carbocycles. The normalized spacial score (nSPS) is 11.2. The van der Waals surface area contributed by atoms with Crippen molar-refractivity contribution in [2.75, 3.05) is 13.2 Å². The molecule has 1 N–H and O–H groups in total. The van der Waals surface area contributed by atoms with Gasteiger partial charge in [0.15, 0.2) is 6.61 Å². The zero-order valence-electron chi connectivity index (χ0n) is 15.6. The number of esters is 1. The Hall–Kier alpha value is -2.51. The molecule has 144 valence electrons. The smallest absolute Gasteiger partial charge is 0.307 e. The Morgan fingerprint density at radius 1 is 0.963 bits per heavy atom. The summed E-state index contributed by atoms with van der Waals surface area (Å²) in [7, 11) is -3.68. The average Bonchev–Trinajstić information content (AvgIpc) is 2.60. The molecule has 0 unspecified atom stereocenters. The Bertz CT molecular complexity index is 933. The molecule has 0 radical (unpaired) electrons. The first-order valence-electron chi connectivity index (χ1n) is 8.51. The molecule has 0 amide bonds. The predicted octanol–water partition coefficient (Wildman–Crippen LogP) is 2.71. The first-order valence-corrected chi connectivity index (χ1v) is 10.00. The Balaban J connectivity index is 1.80. The lowest BCUT2D eigenvalue weighted by Gasteiger charge is -2.08. The van der Waals surface area contributed by atoms with E-state index < -0.39 is 16.0 Å². The minimum absolute atomic E-state index is 0.104. The van der Waals surface area contributed by atoms with Crippen molar-refractivity contribution >= 4 is 21.8 Å². The number of carbonyl (C=O) groups excluding carboxylic acids is 2. The van der Waals surface area contributed by atoms with Crippen molar-refractivity contribution in [2.24, 2.45) is 0 Å². The summed E-state index contributed by atoms with van der Waals surface area (Å²) in [5.41, 5.74) is 3.32. The molecule has 0 aliphatic heterocycles. The number of ether oxygens (including phenoxy) is 1. The Kier molecular flexibility index (Phi) is 6.87. The second-order valence-electron chi connectivity index (χ2n) is 6.36. The van der Waals surface area contributed by atoms with E-state index in [9.17, 15) is 18.0 Å². The van der Waals surface area contributed by atoms with E-state index in [4.69, 9.17) is 4.74 Å². The molecule has 7 heteroatoms. The summed E-state index contributed by atoms with van der Waals surface area (Å²) >= 11 is 0. The number of hydrogen-bond donors (Lipinski definition) is 1. The topological polar surface area (TPSA) is 89.5 Å². The molecule has 0 saturated heterocycles. The van der Waals surface area contributed by atoms with E-state index in [1.165, 1.54) is 12.1 Å². The molecule has 27 heavy (non-hydrogen) atoms. The minimum Gasteiger partial charge on any atom is -0.457 e. The number of benzene rings is 2. The highest BCUT2D eigenvalue weighted by atomic mass is 32.2. The van der Waals surface area contributed by atoms with Gasteiger partial charge in [0, 0.05) is 12.1 Å². The summed E-state index contributed by atoms with van der Waals surface area (Å²) in [6.45, 7) is 5.14. The SMILES string of the molecule is Cc1ccc(S(=O)(=O)NCCC(=O)OCC(=O)c2ccc(C)cc2C)cc1. The maximum Gasteiger partial charge on any atom is 0.307 e. The number of aryl methyl sites for hydroxylation is 3. The van der Waals surface area contributed by atoms with E-state index in [2.05, 4.69) is 4.72 Å². The summed E-state index contributed by atoms with van der Waals surface area (Å²) in [5.74, 6) is -0.930. The van der Waals surface area contributed by atoms with Crippen molar-refractivity contribution in [3.05, 3.63) is 64.7 Å². The van der Waals surface area contributed by atoms with E-state index in [0.29, 0.717) is 5.56 Å². The third-order valence-corrected chi connectivity index (χ3v) is 5.48. The zero-order valence-corrected chi connectivity index (χ0v) is 16.4. The highest BCUT2D eigenvalue weighted by Gasteiger charge is 2.15. The zero-order chi connectivity index (χ0) is 20.0. The number of nitrogens with one attached hydrogen (secondary N) is 1. The largest absolute Gasteiger partial charge is 0.457 e. The number of ketones is 1. The Morgan fingerprint density at radius 3 is 2.22 bits per heavy atom. The van der Waals surface area contributed by atoms with Gasteiger partial charge in [0.25, 0.3) is 0 Å². The van der Waals surface area contributed by atoms with Gasteiger partial charge < -0.3 is 4.74 Å². The highest BCUT2D eigenvalue weighted by molar-refractivity contribution is 7.89. The van der Waals surface area contributed by atoms with Gasteiger partial charge >= 0.3 is 5.97 Å². The molecule has 0 spiro atoms. The van der Waals surface area contributed by atoms with Crippen LogP contribution in [0.4, 0.5) is 0 Å². The van der Waals surface area contributed by atoms with Gasteiger partial charge in [-0.1, -0.05) is 41.5 Å². The monoisotopic (exact) mass is 389 g/mol. The van der Waals surface area contributed by atoms with Crippen molar-refractivity contribution < 1.29 is 22.7 Å². The molecular formula is C20H23NO5S. The van der Waals surface area contributed by atoms with Gasteiger partial charge in [0.2, 0.25) is 15.8 Å². The molecule has 2 rings (SSSR count). The van der Waals surface area contributed by atoms with Crippen LogP contribution in [0.15, 0.2) is 47.4 Å². The summed E-state index contributed by atoms with van der Waals surface area (Å²) < 4.78 is 31.6. The second kappa shape index (κ2) is 8.92. The van der Waals surface area contributed by atoms with Crippen molar-refractivity contribution in [3.8, 4) is 0 Å². The van der Waals surface area contributed by atoms with Crippen LogP contribution in [0.25, 0.3) is 0 Å². The lowest BCUT2D eigenvalue weighted by atomic mass is 10.0. The fourth-order valence-electron chi connectivity index (χ4n) is 2.51. The summed E-state index contributed by atoms with van der Waals surface area (Å²) in [4.78, 5) is 24.0. The fraction of sp³-hybridized carbons (Fsp3) is 0.300. The van der Waals surface area contributed by atoms with Crippen LogP contribution in [0.2, 0.25) is 0 Å². The maximum atomic E-state index is 12.1. The third-order valence-electron chi connectivity index (χ3n) is 4.00. The molecule has 0 aliphatic rings. The molecule has 0 bridgehead atoms. The van der Waals surface area contributed by atoms with Gasteiger partial charge in [0.05, 0.1) is 11.3 Å². The standard InChI is InChI=1S/C20H23NO5S/c1-14-4-7-17(8-5-14)27(24,25)21-11-10-20(23)26-13-19(22)18-9-6-15(2)12-16(18)3/h4-9,12,21H,10-11,13H2,1-3H3. The van der Waals surface area contributed by atoms with E-state index in [0.717, 1.165) is 16.7 Å². The van der Waals surface area contributed by atoms with Crippen LogP contribution in [0.1, 0.15) is 33.5 Å². The number of Topliss-reactive ketones (excluding diaryl/α,β-unsaturated/α-hetero) is 1. The molecule has 0 fully saturated rings. The third kappa shape index (κ3) is 6.01.